The van der Waals surface area contributed by atoms with Crippen LogP contribution in [0.3, 0.4) is 0 Å². The molecule has 0 bridgehead atoms. The van der Waals surface area contributed by atoms with Gasteiger partial charge in [-0.2, -0.15) is 5.10 Å². The maximum atomic E-state index is 13.4. The van der Waals surface area contributed by atoms with Gasteiger partial charge < -0.3 is 5.32 Å². The van der Waals surface area contributed by atoms with E-state index in [0.29, 0.717) is 11.1 Å². The first-order chi connectivity index (χ1) is 17.2. The van der Waals surface area contributed by atoms with Crippen molar-refractivity contribution in [3.8, 4) is 0 Å². The molecule has 0 unspecified atom stereocenters. The summed E-state index contributed by atoms with van der Waals surface area (Å²) in [5.41, 5.74) is 3.88. The number of nitrogens with one attached hydrogen (secondary N) is 2. The molecular formula is C28H21FN4OS. The highest BCUT2D eigenvalue weighted by atomic mass is 32.2. The molecule has 2 N–H and O–H groups in total. The van der Waals surface area contributed by atoms with Gasteiger partial charge in [-0.05, 0) is 72.3 Å². The van der Waals surface area contributed by atoms with Crippen molar-refractivity contribution in [1.29, 1.82) is 0 Å². The van der Waals surface area contributed by atoms with Crippen molar-refractivity contribution in [3.05, 3.63) is 119 Å². The summed E-state index contributed by atoms with van der Waals surface area (Å²) in [4.78, 5) is 19.0. The minimum absolute atomic E-state index is 0.207. The van der Waals surface area contributed by atoms with E-state index in [1.54, 1.807) is 24.4 Å². The predicted molar refractivity (Wildman–Crippen MR) is 137 cm³/mol. The van der Waals surface area contributed by atoms with E-state index >= 15 is 0 Å². The van der Waals surface area contributed by atoms with Gasteiger partial charge in [-0.3, -0.25) is 14.9 Å². The van der Waals surface area contributed by atoms with Crippen LogP contribution in [0.4, 0.5) is 4.39 Å². The van der Waals surface area contributed by atoms with Gasteiger partial charge in [-0.1, -0.05) is 42.1 Å². The second kappa shape index (κ2) is 10.4. The normalized spacial score (nSPS) is 11.2. The lowest BCUT2D eigenvalue weighted by Crippen LogP contribution is -2.23. The number of pyridine rings is 1. The topological polar surface area (TPSA) is 70.7 Å². The van der Waals surface area contributed by atoms with Crippen LogP contribution in [0.2, 0.25) is 0 Å². The van der Waals surface area contributed by atoms with Crippen LogP contribution in [-0.2, 0) is 6.54 Å². The minimum atomic E-state index is -0.322. The lowest BCUT2D eigenvalue weighted by atomic mass is 10.2. The zero-order valence-corrected chi connectivity index (χ0v) is 19.4. The molecule has 172 valence electrons. The van der Waals surface area contributed by atoms with E-state index < -0.39 is 0 Å². The zero-order valence-electron chi connectivity index (χ0n) is 18.6. The molecule has 5 nitrogen and oxygen atoms in total. The summed E-state index contributed by atoms with van der Waals surface area (Å²) in [6.07, 6.45) is 5.62. The molecule has 0 radical (unpaired) electrons. The summed E-state index contributed by atoms with van der Waals surface area (Å²) in [5.74, 6) is -0.529. The summed E-state index contributed by atoms with van der Waals surface area (Å²) in [6, 6.07) is 25.5. The number of benzene rings is 3. The first kappa shape index (κ1) is 22.6. The fraction of sp³-hybridized carbons (Fsp3) is 0.0357. The van der Waals surface area contributed by atoms with Crippen molar-refractivity contribution in [2.24, 2.45) is 0 Å². The average molecular weight is 481 g/mol. The van der Waals surface area contributed by atoms with Crippen LogP contribution in [0.5, 0.6) is 0 Å². The highest BCUT2D eigenvalue weighted by Gasteiger charge is 2.13. The van der Waals surface area contributed by atoms with E-state index in [-0.39, 0.29) is 18.3 Å². The fourth-order valence-electron chi connectivity index (χ4n) is 3.64. The lowest BCUT2D eigenvalue weighted by molar-refractivity contribution is 0.0948. The van der Waals surface area contributed by atoms with E-state index in [9.17, 15) is 9.18 Å². The molecule has 0 saturated heterocycles. The molecule has 0 aliphatic heterocycles. The Kier molecular flexibility index (Phi) is 6.68. The van der Waals surface area contributed by atoms with Gasteiger partial charge in [-0.15, -0.1) is 0 Å². The van der Waals surface area contributed by atoms with Crippen LogP contribution in [0.25, 0.3) is 23.1 Å². The Hall–Kier alpha value is -4.23. The second-order valence-electron chi connectivity index (χ2n) is 7.81. The lowest BCUT2D eigenvalue weighted by Gasteiger charge is -2.10. The molecule has 0 spiro atoms. The van der Waals surface area contributed by atoms with Gasteiger partial charge in [-0.25, -0.2) is 4.39 Å². The fourth-order valence-corrected chi connectivity index (χ4v) is 4.63. The van der Waals surface area contributed by atoms with Gasteiger partial charge in [0.1, 0.15) is 5.82 Å². The molecule has 0 saturated carbocycles. The third kappa shape index (κ3) is 5.47. The van der Waals surface area contributed by atoms with E-state index in [4.69, 9.17) is 0 Å². The standard InChI is InChI=1S/C28H21FN4OS/c29-20-7-5-6-19(16-20)18-31-28(34)24-9-1-2-10-27(24)35-22-12-13-23-25(32-33-26(23)17-22)14-11-21-8-3-4-15-30-21/h1-17H,18H2,(H,31,34)(H,32,33). The maximum Gasteiger partial charge on any atom is 0.252 e. The molecule has 0 atom stereocenters. The minimum Gasteiger partial charge on any atom is -0.348 e. The Labute approximate surface area is 206 Å². The molecule has 0 fully saturated rings. The van der Waals surface area contributed by atoms with Gasteiger partial charge >= 0.3 is 0 Å². The number of hydrogen-bond acceptors (Lipinski definition) is 4. The number of rotatable bonds is 7. The van der Waals surface area contributed by atoms with Crippen molar-refractivity contribution in [3.63, 3.8) is 0 Å². The number of H-pyrrole nitrogens is 1. The van der Waals surface area contributed by atoms with E-state index in [2.05, 4.69) is 20.5 Å². The van der Waals surface area contributed by atoms with E-state index in [0.717, 1.165) is 32.1 Å². The van der Waals surface area contributed by atoms with Crippen LogP contribution < -0.4 is 5.32 Å². The Morgan fingerprint density at radius 3 is 2.71 bits per heavy atom. The summed E-state index contributed by atoms with van der Waals surface area (Å²) >= 11 is 1.50. The summed E-state index contributed by atoms with van der Waals surface area (Å²) in [6.45, 7) is 0.254. The molecule has 5 aromatic rings. The van der Waals surface area contributed by atoms with Gasteiger partial charge in [0.15, 0.2) is 0 Å². The van der Waals surface area contributed by atoms with Crippen LogP contribution in [0.15, 0.2) is 101 Å². The smallest absolute Gasteiger partial charge is 0.252 e. The molecule has 35 heavy (non-hydrogen) atoms. The van der Waals surface area contributed by atoms with Crippen molar-refractivity contribution in [1.82, 2.24) is 20.5 Å². The highest BCUT2D eigenvalue weighted by Crippen LogP contribution is 2.33. The SMILES string of the molecule is O=C(NCc1cccc(F)c1)c1ccccc1Sc1ccc2c(C=Cc3ccccn3)n[nH]c2c1. The van der Waals surface area contributed by atoms with Gasteiger partial charge in [0.25, 0.3) is 5.91 Å². The number of fused-ring (bicyclic) bond motifs is 1. The Morgan fingerprint density at radius 1 is 0.971 bits per heavy atom. The Bertz CT molecular complexity index is 1510. The number of amides is 1. The average Bonchev–Trinajstić information content (AvgIpc) is 3.29. The number of aromatic amines is 1. The van der Waals surface area contributed by atoms with Gasteiger partial charge in [0.05, 0.1) is 22.5 Å². The van der Waals surface area contributed by atoms with E-state index in [1.165, 1.54) is 23.9 Å². The van der Waals surface area contributed by atoms with Crippen LogP contribution in [0, 0.1) is 5.82 Å². The third-order valence-electron chi connectivity index (χ3n) is 5.37. The molecular weight excluding hydrogens is 459 g/mol. The molecule has 2 heterocycles. The van der Waals surface area contributed by atoms with Crippen LogP contribution in [-0.4, -0.2) is 21.1 Å². The van der Waals surface area contributed by atoms with Crippen molar-refractivity contribution >= 4 is 40.7 Å². The number of aromatic nitrogens is 3. The largest absolute Gasteiger partial charge is 0.348 e. The molecule has 5 rings (SSSR count). The predicted octanol–water partition coefficient (Wildman–Crippen LogP) is 6.35. The highest BCUT2D eigenvalue weighted by molar-refractivity contribution is 7.99. The quantitative estimate of drug-likeness (QED) is 0.285. The van der Waals surface area contributed by atoms with Crippen molar-refractivity contribution < 1.29 is 9.18 Å². The molecule has 0 aliphatic carbocycles. The maximum absolute atomic E-state index is 13.4. The number of hydrogen-bond donors (Lipinski definition) is 2. The first-order valence-electron chi connectivity index (χ1n) is 11.0. The Balaban J connectivity index is 1.32. The van der Waals surface area contributed by atoms with E-state index in [1.807, 2.05) is 66.7 Å². The summed E-state index contributed by atoms with van der Waals surface area (Å²) in [7, 11) is 0. The molecule has 3 aromatic carbocycles. The monoisotopic (exact) mass is 480 g/mol. The molecule has 0 aliphatic rings. The number of carbonyl (C=O) groups excluding carboxylic acids is 1. The van der Waals surface area contributed by atoms with Crippen LogP contribution in [0.1, 0.15) is 27.3 Å². The summed E-state index contributed by atoms with van der Waals surface area (Å²) in [5, 5.41) is 11.4. The van der Waals surface area contributed by atoms with Crippen LogP contribution >= 0.6 is 11.8 Å². The van der Waals surface area contributed by atoms with Gasteiger partial charge in [0, 0.05) is 27.9 Å². The Morgan fingerprint density at radius 2 is 1.86 bits per heavy atom. The zero-order chi connectivity index (χ0) is 24.0. The number of halogens is 1. The van der Waals surface area contributed by atoms with Crippen molar-refractivity contribution in [2.75, 3.05) is 0 Å². The third-order valence-corrected chi connectivity index (χ3v) is 6.43. The second-order valence-corrected chi connectivity index (χ2v) is 8.93. The molecule has 2 aromatic heterocycles. The van der Waals surface area contributed by atoms with Gasteiger partial charge in [0.2, 0.25) is 0 Å². The molecule has 1 amide bonds. The van der Waals surface area contributed by atoms with Crippen molar-refractivity contribution in [2.45, 2.75) is 16.3 Å². The number of nitrogens with zero attached hydrogens (tertiary/aromatic N) is 2. The summed E-state index contributed by atoms with van der Waals surface area (Å²) < 4.78 is 13.4. The first-order valence-corrected chi connectivity index (χ1v) is 11.8. The number of carbonyl (C=O) groups is 1. The molecule has 7 heteroatoms.